The summed E-state index contributed by atoms with van der Waals surface area (Å²) in [5.74, 6) is 0.108. The van der Waals surface area contributed by atoms with Crippen molar-refractivity contribution in [1.29, 1.82) is 0 Å². The number of rotatable bonds is 5. The molecule has 2 N–H and O–H groups in total. The minimum atomic E-state index is -0.897. The number of hydrogen-bond acceptors (Lipinski definition) is 5. The van der Waals surface area contributed by atoms with Crippen molar-refractivity contribution in [1.82, 2.24) is 15.0 Å². The SMILES string of the molecule is Cc1cc(N[C@H](C(=O)O)C(C)C)nc(-c2ccncc2)n1. The largest absolute Gasteiger partial charge is 0.480 e. The first-order valence-corrected chi connectivity index (χ1v) is 6.73. The third-order valence-corrected chi connectivity index (χ3v) is 3.03. The zero-order valence-electron chi connectivity index (χ0n) is 12.2. The Bertz CT molecular complexity index is 629. The van der Waals surface area contributed by atoms with E-state index in [9.17, 15) is 9.90 Å². The fourth-order valence-electron chi connectivity index (χ4n) is 1.95. The molecule has 1 atom stereocenters. The van der Waals surface area contributed by atoms with Gasteiger partial charge in [-0.3, -0.25) is 4.98 Å². The van der Waals surface area contributed by atoms with Crippen LogP contribution in [0.2, 0.25) is 0 Å². The molecule has 0 aliphatic rings. The van der Waals surface area contributed by atoms with Crippen LogP contribution in [0.25, 0.3) is 11.4 Å². The molecule has 0 saturated heterocycles. The van der Waals surface area contributed by atoms with Crippen LogP contribution in [-0.4, -0.2) is 32.1 Å². The van der Waals surface area contributed by atoms with E-state index in [4.69, 9.17) is 0 Å². The molecule has 0 spiro atoms. The second-order valence-corrected chi connectivity index (χ2v) is 5.16. The standard InChI is InChI=1S/C15H18N4O2/c1-9(2)13(15(20)21)18-12-8-10(3)17-14(19-12)11-4-6-16-7-5-11/h4-9,13H,1-3H3,(H,20,21)(H,17,18,19)/t13-/m0/s1. The van der Waals surface area contributed by atoms with E-state index in [-0.39, 0.29) is 5.92 Å². The van der Waals surface area contributed by atoms with E-state index in [1.165, 1.54) is 0 Å². The highest BCUT2D eigenvalue weighted by Gasteiger charge is 2.22. The molecule has 0 aromatic carbocycles. The van der Waals surface area contributed by atoms with Gasteiger partial charge in [0, 0.05) is 29.7 Å². The molecular weight excluding hydrogens is 268 g/mol. The number of aromatic nitrogens is 3. The van der Waals surface area contributed by atoms with Gasteiger partial charge in [-0.25, -0.2) is 14.8 Å². The Labute approximate surface area is 123 Å². The summed E-state index contributed by atoms with van der Waals surface area (Å²) in [6, 6.07) is 4.68. The van der Waals surface area contributed by atoms with Crippen molar-refractivity contribution in [2.24, 2.45) is 5.92 Å². The molecule has 110 valence electrons. The van der Waals surface area contributed by atoms with Crippen LogP contribution in [0.4, 0.5) is 5.82 Å². The van der Waals surface area contributed by atoms with Crippen molar-refractivity contribution in [3.63, 3.8) is 0 Å². The Balaban J connectivity index is 2.33. The first kappa shape index (κ1) is 14.9. The molecule has 0 bridgehead atoms. The average molecular weight is 286 g/mol. The molecule has 0 unspecified atom stereocenters. The van der Waals surface area contributed by atoms with Gasteiger partial charge >= 0.3 is 5.97 Å². The van der Waals surface area contributed by atoms with Gasteiger partial charge in [0.15, 0.2) is 5.82 Å². The van der Waals surface area contributed by atoms with Crippen LogP contribution in [0, 0.1) is 12.8 Å². The molecule has 6 heteroatoms. The van der Waals surface area contributed by atoms with Crippen molar-refractivity contribution < 1.29 is 9.90 Å². The smallest absolute Gasteiger partial charge is 0.326 e. The maximum absolute atomic E-state index is 11.3. The summed E-state index contributed by atoms with van der Waals surface area (Å²) in [5, 5.41) is 12.2. The lowest BCUT2D eigenvalue weighted by atomic mass is 10.1. The molecule has 2 aromatic rings. The molecule has 2 heterocycles. The van der Waals surface area contributed by atoms with Gasteiger partial charge in [0.25, 0.3) is 0 Å². The first-order chi connectivity index (χ1) is 9.97. The Morgan fingerprint density at radius 3 is 2.48 bits per heavy atom. The highest BCUT2D eigenvalue weighted by molar-refractivity contribution is 5.77. The lowest BCUT2D eigenvalue weighted by Crippen LogP contribution is -2.34. The summed E-state index contributed by atoms with van der Waals surface area (Å²) >= 11 is 0. The third-order valence-electron chi connectivity index (χ3n) is 3.03. The number of hydrogen-bond donors (Lipinski definition) is 2. The van der Waals surface area contributed by atoms with Gasteiger partial charge in [-0.1, -0.05) is 13.8 Å². The lowest BCUT2D eigenvalue weighted by molar-refractivity contribution is -0.138. The molecule has 0 aliphatic carbocycles. The molecule has 0 fully saturated rings. The van der Waals surface area contributed by atoms with E-state index in [0.29, 0.717) is 11.6 Å². The van der Waals surface area contributed by atoms with Gasteiger partial charge in [0.05, 0.1) is 0 Å². The van der Waals surface area contributed by atoms with Crippen molar-refractivity contribution in [2.75, 3.05) is 5.32 Å². The first-order valence-electron chi connectivity index (χ1n) is 6.73. The predicted octanol–water partition coefficient (Wildman–Crippen LogP) is 2.37. The van der Waals surface area contributed by atoms with Gasteiger partial charge in [-0.2, -0.15) is 0 Å². The molecule has 2 aromatic heterocycles. The normalized spacial score (nSPS) is 12.2. The zero-order chi connectivity index (χ0) is 15.4. The van der Waals surface area contributed by atoms with E-state index in [1.807, 2.05) is 32.9 Å². The summed E-state index contributed by atoms with van der Waals surface area (Å²) in [6.45, 7) is 5.55. The molecule has 0 saturated carbocycles. The van der Waals surface area contributed by atoms with Crippen molar-refractivity contribution in [2.45, 2.75) is 26.8 Å². The minimum Gasteiger partial charge on any atom is -0.480 e. The van der Waals surface area contributed by atoms with E-state index in [1.54, 1.807) is 18.5 Å². The highest BCUT2D eigenvalue weighted by atomic mass is 16.4. The van der Waals surface area contributed by atoms with Gasteiger partial charge < -0.3 is 10.4 Å². The molecule has 0 amide bonds. The van der Waals surface area contributed by atoms with Crippen LogP contribution in [0.5, 0.6) is 0 Å². The Morgan fingerprint density at radius 1 is 1.24 bits per heavy atom. The Kier molecular flexibility index (Phi) is 4.47. The Hall–Kier alpha value is -2.50. The summed E-state index contributed by atoms with van der Waals surface area (Å²) in [4.78, 5) is 24.0. The van der Waals surface area contributed by atoms with E-state index >= 15 is 0 Å². The second-order valence-electron chi connectivity index (χ2n) is 5.16. The van der Waals surface area contributed by atoms with Gasteiger partial charge in [-0.15, -0.1) is 0 Å². The molecule has 6 nitrogen and oxygen atoms in total. The monoisotopic (exact) mass is 286 g/mol. The fraction of sp³-hybridized carbons (Fsp3) is 0.333. The van der Waals surface area contributed by atoms with Gasteiger partial charge in [0.1, 0.15) is 11.9 Å². The van der Waals surface area contributed by atoms with Crippen molar-refractivity contribution in [3.05, 3.63) is 36.3 Å². The summed E-state index contributed by atoms with van der Waals surface area (Å²) in [5.41, 5.74) is 1.61. The van der Waals surface area contributed by atoms with Crippen LogP contribution in [0.15, 0.2) is 30.6 Å². The molecule has 2 rings (SSSR count). The van der Waals surface area contributed by atoms with Crippen LogP contribution in [-0.2, 0) is 4.79 Å². The maximum atomic E-state index is 11.3. The van der Waals surface area contributed by atoms with Crippen molar-refractivity contribution in [3.8, 4) is 11.4 Å². The number of carboxylic acid groups (broad SMARTS) is 1. The third kappa shape index (κ3) is 3.75. The number of aryl methyl sites for hydroxylation is 1. The molecule has 0 radical (unpaired) electrons. The van der Waals surface area contributed by atoms with Crippen LogP contribution >= 0.6 is 0 Å². The quantitative estimate of drug-likeness (QED) is 0.877. The topological polar surface area (TPSA) is 88.0 Å². The number of aliphatic carboxylic acids is 1. The van der Waals surface area contributed by atoms with Crippen LogP contribution < -0.4 is 5.32 Å². The van der Waals surface area contributed by atoms with Gasteiger partial charge in [-0.05, 0) is 25.0 Å². The van der Waals surface area contributed by atoms with E-state index in [2.05, 4.69) is 20.3 Å². The van der Waals surface area contributed by atoms with Crippen LogP contribution in [0.3, 0.4) is 0 Å². The minimum absolute atomic E-state index is 0.0536. The summed E-state index contributed by atoms with van der Waals surface area (Å²) in [7, 11) is 0. The van der Waals surface area contributed by atoms with E-state index in [0.717, 1.165) is 11.3 Å². The summed E-state index contributed by atoms with van der Waals surface area (Å²) in [6.07, 6.45) is 3.34. The molecule has 0 aliphatic heterocycles. The highest BCUT2D eigenvalue weighted by Crippen LogP contribution is 2.18. The molecular formula is C15H18N4O2. The lowest BCUT2D eigenvalue weighted by Gasteiger charge is -2.19. The fourth-order valence-corrected chi connectivity index (χ4v) is 1.95. The van der Waals surface area contributed by atoms with Gasteiger partial charge in [0.2, 0.25) is 0 Å². The van der Waals surface area contributed by atoms with Crippen LogP contribution in [0.1, 0.15) is 19.5 Å². The number of pyridine rings is 1. The number of nitrogens with one attached hydrogen (secondary N) is 1. The number of nitrogens with zero attached hydrogens (tertiary/aromatic N) is 3. The summed E-state index contributed by atoms with van der Waals surface area (Å²) < 4.78 is 0. The number of carbonyl (C=O) groups is 1. The predicted molar refractivity (Wildman–Crippen MR) is 79.9 cm³/mol. The number of anilines is 1. The average Bonchev–Trinajstić information content (AvgIpc) is 2.44. The van der Waals surface area contributed by atoms with E-state index < -0.39 is 12.0 Å². The number of carboxylic acids is 1. The Morgan fingerprint density at radius 2 is 1.90 bits per heavy atom. The molecule has 21 heavy (non-hydrogen) atoms. The second kappa shape index (κ2) is 6.30. The maximum Gasteiger partial charge on any atom is 0.326 e. The van der Waals surface area contributed by atoms with Crippen molar-refractivity contribution >= 4 is 11.8 Å². The zero-order valence-corrected chi connectivity index (χ0v) is 12.2.